The summed E-state index contributed by atoms with van der Waals surface area (Å²) in [7, 11) is 1.32. The van der Waals surface area contributed by atoms with Crippen LogP contribution in [0.3, 0.4) is 0 Å². The van der Waals surface area contributed by atoms with E-state index in [-0.39, 0.29) is 30.6 Å². The molecule has 2 heterocycles. The summed E-state index contributed by atoms with van der Waals surface area (Å²) in [6, 6.07) is 5.41. The monoisotopic (exact) mass is 609 g/mol. The predicted molar refractivity (Wildman–Crippen MR) is 137 cm³/mol. The van der Waals surface area contributed by atoms with Crippen molar-refractivity contribution in [3.63, 3.8) is 0 Å². The Morgan fingerprint density at radius 2 is 1.71 bits per heavy atom. The van der Waals surface area contributed by atoms with Crippen molar-refractivity contribution in [2.75, 3.05) is 20.1 Å². The van der Waals surface area contributed by atoms with Gasteiger partial charge in [-0.25, -0.2) is 14.3 Å². The lowest BCUT2D eigenvalue weighted by Crippen LogP contribution is -2.45. The van der Waals surface area contributed by atoms with Gasteiger partial charge in [0.05, 0.1) is 17.7 Å². The largest absolute Gasteiger partial charge is 0.416 e. The molecule has 2 atom stereocenters. The number of benzene rings is 2. The molecule has 1 aliphatic rings. The second-order valence-corrected chi connectivity index (χ2v) is 9.97. The van der Waals surface area contributed by atoms with Crippen LogP contribution in [0.25, 0.3) is 0 Å². The van der Waals surface area contributed by atoms with Gasteiger partial charge >= 0.3 is 18.0 Å². The Labute approximate surface area is 236 Å². The topological polar surface area (TPSA) is 85.1 Å². The van der Waals surface area contributed by atoms with Gasteiger partial charge in [-0.15, -0.1) is 12.4 Å². The average molecular weight is 610 g/mol. The lowest BCUT2D eigenvalue weighted by molar-refractivity contribution is -0.143. The van der Waals surface area contributed by atoms with Gasteiger partial charge in [-0.2, -0.15) is 31.4 Å². The number of amides is 1. The molecular weight excluding hydrogens is 583 g/mol. The Balaban J connectivity index is 0.00000462. The van der Waals surface area contributed by atoms with E-state index >= 15 is 0 Å². The number of aromatic nitrogens is 3. The highest BCUT2D eigenvalue weighted by Gasteiger charge is 2.39. The van der Waals surface area contributed by atoms with Gasteiger partial charge in [-0.05, 0) is 66.9 Å². The van der Waals surface area contributed by atoms with Crippen molar-refractivity contribution < 1.29 is 35.5 Å². The number of aryl methyl sites for hydroxylation is 1. The van der Waals surface area contributed by atoms with Crippen molar-refractivity contribution in [3.8, 4) is 0 Å². The average Bonchev–Trinajstić information content (AvgIpc) is 3.26. The third-order valence-electron chi connectivity index (χ3n) is 7.01. The van der Waals surface area contributed by atoms with E-state index in [1.807, 2.05) is 4.90 Å². The van der Waals surface area contributed by atoms with Crippen LogP contribution in [0.2, 0.25) is 0 Å². The van der Waals surface area contributed by atoms with E-state index in [1.165, 1.54) is 19.2 Å². The van der Waals surface area contributed by atoms with Crippen LogP contribution in [0.1, 0.15) is 46.0 Å². The molecule has 3 aromatic rings. The molecule has 1 aliphatic heterocycles. The second kappa shape index (κ2) is 12.2. The number of aromatic amines is 2. The quantitative estimate of drug-likeness (QED) is 0.373. The molecular formula is C26H27ClF7N5O2. The maximum Gasteiger partial charge on any atom is 0.416 e. The Kier molecular flexibility index (Phi) is 9.58. The zero-order valence-electron chi connectivity index (χ0n) is 21.9. The Bertz CT molecular complexity index is 1400. The highest BCUT2D eigenvalue weighted by atomic mass is 35.5. The molecule has 15 heteroatoms. The smallest absolute Gasteiger partial charge is 0.341 e. The van der Waals surface area contributed by atoms with Gasteiger partial charge < -0.3 is 4.90 Å². The van der Waals surface area contributed by atoms with Crippen molar-refractivity contribution in [1.82, 2.24) is 25.0 Å². The fourth-order valence-corrected chi connectivity index (χ4v) is 5.17. The van der Waals surface area contributed by atoms with Gasteiger partial charge in [0.2, 0.25) is 5.91 Å². The number of alkyl halides is 6. The minimum absolute atomic E-state index is 0. The first-order valence-corrected chi connectivity index (χ1v) is 12.3. The molecule has 0 radical (unpaired) electrons. The number of piperidine rings is 1. The number of halogens is 8. The molecule has 1 saturated heterocycles. The lowest BCUT2D eigenvalue weighted by atomic mass is 9.78. The lowest BCUT2D eigenvalue weighted by Gasteiger charge is -2.39. The number of carbonyl (C=O) groups is 1. The molecule has 1 fully saturated rings. The fourth-order valence-electron chi connectivity index (χ4n) is 5.17. The first-order valence-electron chi connectivity index (χ1n) is 12.3. The fraction of sp³-hybridized carbons (Fsp3) is 0.423. The summed E-state index contributed by atoms with van der Waals surface area (Å²) in [5.41, 5.74) is -2.42. The number of likely N-dealkylation sites (tertiary alicyclic amines) is 1. The molecule has 1 aromatic heterocycles. The van der Waals surface area contributed by atoms with E-state index in [9.17, 15) is 40.3 Å². The molecule has 0 spiro atoms. The summed E-state index contributed by atoms with van der Waals surface area (Å²) in [6.45, 7) is 2.19. The van der Waals surface area contributed by atoms with E-state index in [0.29, 0.717) is 48.6 Å². The van der Waals surface area contributed by atoms with Crippen molar-refractivity contribution in [2.45, 2.75) is 44.7 Å². The SMILES string of the molecule is Cc1cc(F)ccc1C1CN(Cc2n[nH]c(=O)[nH]2)CCC1C(=O)N(C)Cc1cc(C(F)(F)F)cc(C(F)(F)F)c1.Cl. The summed E-state index contributed by atoms with van der Waals surface area (Å²) >= 11 is 0. The van der Waals surface area contributed by atoms with Crippen LogP contribution in [0, 0.1) is 18.7 Å². The number of H-pyrrole nitrogens is 2. The Morgan fingerprint density at radius 1 is 1.07 bits per heavy atom. The van der Waals surface area contributed by atoms with Gasteiger partial charge in [0.25, 0.3) is 0 Å². The van der Waals surface area contributed by atoms with Crippen molar-refractivity contribution in [2.24, 2.45) is 5.92 Å². The Hall–Kier alpha value is -3.39. The van der Waals surface area contributed by atoms with E-state index in [1.54, 1.807) is 13.0 Å². The van der Waals surface area contributed by atoms with Crippen molar-refractivity contribution in [3.05, 3.63) is 86.3 Å². The normalized spacial score (nSPS) is 18.2. The predicted octanol–water partition coefficient (Wildman–Crippen LogP) is 5.27. The van der Waals surface area contributed by atoms with Gasteiger partial charge in [0.1, 0.15) is 11.6 Å². The van der Waals surface area contributed by atoms with E-state index in [4.69, 9.17) is 0 Å². The standard InChI is InChI=1S/C26H26F7N5O2.ClH/c1-14-7-18(27)3-4-19(14)21-12-38(13-22-34-24(40)36-35-22)6-5-20(21)23(39)37(2)11-15-8-16(25(28,29)30)10-17(9-15)26(31,32)33;/h3-4,7-10,20-21H,5-6,11-13H2,1-2H3,(H2,34,35,36,40);1H. The van der Waals surface area contributed by atoms with Crippen LogP contribution in [-0.2, 0) is 30.2 Å². The molecule has 0 saturated carbocycles. The Morgan fingerprint density at radius 3 is 2.24 bits per heavy atom. The molecule has 7 nitrogen and oxygen atoms in total. The van der Waals surface area contributed by atoms with E-state index < -0.39 is 59.3 Å². The number of hydrogen-bond donors (Lipinski definition) is 2. The van der Waals surface area contributed by atoms with Gasteiger partial charge in [0, 0.05) is 32.0 Å². The zero-order valence-corrected chi connectivity index (χ0v) is 22.7. The van der Waals surface area contributed by atoms with E-state index in [0.717, 1.165) is 4.90 Å². The minimum atomic E-state index is -5.00. The van der Waals surface area contributed by atoms with Crippen molar-refractivity contribution >= 4 is 18.3 Å². The van der Waals surface area contributed by atoms with Crippen LogP contribution in [0.4, 0.5) is 30.7 Å². The molecule has 4 rings (SSSR count). The van der Waals surface area contributed by atoms with Crippen LogP contribution < -0.4 is 5.69 Å². The third-order valence-corrected chi connectivity index (χ3v) is 7.01. The number of nitrogens with one attached hydrogen (secondary N) is 2. The second-order valence-electron chi connectivity index (χ2n) is 9.97. The molecule has 41 heavy (non-hydrogen) atoms. The third kappa shape index (κ3) is 7.67. The molecule has 0 bridgehead atoms. The molecule has 2 N–H and O–H groups in total. The summed E-state index contributed by atoms with van der Waals surface area (Å²) < 4.78 is 93.8. The molecule has 2 unspecified atom stereocenters. The first-order chi connectivity index (χ1) is 18.6. The van der Waals surface area contributed by atoms with Crippen LogP contribution in [0.5, 0.6) is 0 Å². The summed E-state index contributed by atoms with van der Waals surface area (Å²) in [4.78, 5) is 30.7. The van der Waals surface area contributed by atoms with Gasteiger partial charge in [-0.3, -0.25) is 14.7 Å². The summed E-state index contributed by atoms with van der Waals surface area (Å²) in [5.74, 6) is -1.70. The van der Waals surface area contributed by atoms with Crippen LogP contribution >= 0.6 is 12.4 Å². The molecule has 0 aliphatic carbocycles. The maximum absolute atomic E-state index is 13.8. The maximum atomic E-state index is 13.8. The highest BCUT2D eigenvalue weighted by molar-refractivity contribution is 5.85. The molecule has 1 amide bonds. The number of nitrogens with zero attached hydrogens (tertiary/aromatic N) is 3. The number of rotatable bonds is 6. The molecule has 224 valence electrons. The van der Waals surface area contributed by atoms with Gasteiger partial charge in [-0.1, -0.05) is 6.07 Å². The summed E-state index contributed by atoms with van der Waals surface area (Å²) in [5, 5.41) is 6.17. The van der Waals surface area contributed by atoms with Crippen molar-refractivity contribution in [1.29, 1.82) is 0 Å². The highest BCUT2D eigenvalue weighted by Crippen LogP contribution is 2.38. The van der Waals surface area contributed by atoms with Crippen LogP contribution in [0.15, 0.2) is 41.2 Å². The minimum Gasteiger partial charge on any atom is -0.341 e. The number of carbonyl (C=O) groups excluding carboxylic acids is 1. The summed E-state index contributed by atoms with van der Waals surface area (Å²) in [6.07, 6.45) is -9.71. The van der Waals surface area contributed by atoms with E-state index in [2.05, 4.69) is 15.2 Å². The first kappa shape index (κ1) is 32.1. The molecule has 2 aromatic carbocycles. The van der Waals surface area contributed by atoms with Crippen LogP contribution in [-0.4, -0.2) is 51.0 Å². The van der Waals surface area contributed by atoms with Gasteiger partial charge in [0.15, 0.2) is 0 Å². The zero-order chi connectivity index (χ0) is 29.4. The number of hydrogen-bond acceptors (Lipinski definition) is 4.